The molecule has 4 heteroatoms. The van der Waals surface area contributed by atoms with Crippen LogP contribution in [0.2, 0.25) is 0 Å². The summed E-state index contributed by atoms with van der Waals surface area (Å²) in [7, 11) is 1.46. The molecule has 4 saturated carbocycles. The normalized spacial score (nSPS) is 51.8. The maximum Gasteiger partial charge on any atom is 0.407 e. The molecule has 0 spiro atoms. The van der Waals surface area contributed by atoms with Crippen LogP contribution in [0.15, 0.2) is 0 Å². The van der Waals surface area contributed by atoms with Gasteiger partial charge in [-0.05, 0) is 92.3 Å². The Kier molecular flexibility index (Phi) is 4.33. The smallest absolute Gasteiger partial charge is 0.407 e. The highest BCUT2D eigenvalue weighted by Crippen LogP contribution is 2.66. The van der Waals surface area contributed by atoms with Gasteiger partial charge in [0.05, 0.1) is 13.2 Å². The Labute approximate surface area is 152 Å². The van der Waals surface area contributed by atoms with Crippen LogP contribution in [-0.4, -0.2) is 30.5 Å². The Morgan fingerprint density at radius 1 is 1.00 bits per heavy atom. The molecule has 4 aliphatic rings. The molecule has 4 nitrogen and oxygen atoms in total. The number of fused-ring (bicyclic) bond motifs is 5. The molecule has 0 heterocycles. The van der Waals surface area contributed by atoms with Gasteiger partial charge in [0.25, 0.3) is 0 Å². The van der Waals surface area contributed by atoms with E-state index < -0.39 is 0 Å². The van der Waals surface area contributed by atoms with E-state index in [2.05, 4.69) is 19.2 Å². The van der Waals surface area contributed by atoms with Gasteiger partial charge < -0.3 is 15.2 Å². The lowest BCUT2D eigenvalue weighted by Crippen LogP contribution is -2.56. The Morgan fingerprint density at radius 3 is 2.48 bits per heavy atom. The Balaban J connectivity index is 1.55. The molecule has 0 unspecified atom stereocenters. The van der Waals surface area contributed by atoms with Crippen molar-refractivity contribution in [1.82, 2.24) is 5.32 Å². The Bertz CT molecular complexity index is 537. The van der Waals surface area contributed by atoms with E-state index in [1.165, 1.54) is 45.6 Å². The Hall–Kier alpha value is -0.770. The highest BCUT2D eigenvalue weighted by Gasteiger charge is 2.60. The van der Waals surface area contributed by atoms with Gasteiger partial charge in [-0.2, -0.15) is 0 Å². The number of amides is 1. The average Bonchev–Trinajstić information content (AvgIpc) is 2.92. The predicted octanol–water partition coefficient (Wildman–Crippen LogP) is 4.11. The zero-order chi connectivity index (χ0) is 17.8. The van der Waals surface area contributed by atoms with Gasteiger partial charge in [-0.1, -0.05) is 13.8 Å². The number of ether oxygens (including phenoxy) is 1. The SMILES string of the molecule is COC(=O)N[C@@H]1CC[C@@H]2[C@H]3CC[C@H]4C[C@H](O)CC[C@]4(C)[C@@H]3CC[C@@]21C. The molecule has 4 rings (SSSR count). The minimum Gasteiger partial charge on any atom is -0.453 e. The van der Waals surface area contributed by atoms with Crippen molar-refractivity contribution in [2.75, 3.05) is 7.11 Å². The fourth-order valence-corrected chi connectivity index (χ4v) is 7.67. The minimum absolute atomic E-state index is 0.0661. The highest BCUT2D eigenvalue weighted by molar-refractivity contribution is 5.67. The first kappa shape index (κ1) is 17.6. The fourth-order valence-electron chi connectivity index (χ4n) is 7.67. The summed E-state index contributed by atoms with van der Waals surface area (Å²) in [4.78, 5) is 11.8. The van der Waals surface area contributed by atoms with Crippen molar-refractivity contribution in [2.24, 2.45) is 34.5 Å². The summed E-state index contributed by atoms with van der Waals surface area (Å²) in [5.41, 5.74) is 0.657. The maximum atomic E-state index is 11.8. The molecule has 25 heavy (non-hydrogen) atoms. The van der Waals surface area contributed by atoms with E-state index in [1.807, 2.05) is 0 Å². The molecule has 0 saturated heterocycles. The van der Waals surface area contributed by atoms with Gasteiger partial charge in [0.1, 0.15) is 0 Å². The largest absolute Gasteiger partial charge is 0.453 e. The van der Waals surface area contributed by atoms with Crippen LogP contribution < -0.4 is 5.32 Å². The molecule has 142 valence electrons. The predicted molar refractivity (Wildman–Crippen MR) is 97.1 cm³/mol. The molecule has 0 bridgehead atoms. The summed E-state index contributed by atoms with van der Waals surface area (Å²) in [6.07, 6.45) is 10.3. The molecule has 8 atom stereocenters. The lowest BCUT2D eigenvalue weighted by Gasteiger charge is -2.60. The van der Waals surface area contributed by atoms with Gasteiger partial charge in [0, 0.05) is 6.04 Å². The van der Waals surface area contributed by atoms with Crippen molar-refractivity contribution in [1.29, 1.82) is 0 Å². The molecule has 4 fully saturated rings. The molecule has 0 aromatic carbocycles. The van der Waals surface area contributed by atoms with E-state index in [0.29, 0.717) is 11.3 Å². The second kappa shape index (κ2) is 6.14. The number of hydrogen-bond acceptors (Lipinski definition) is 3. The molecule has 0 aromatic heterocycles. The van der Waals surface area contributed by atoms with E-state index in [0.717, 1.165) is 37.0 Å². The van der Waals surface area contributed by atoms with Crippen molar-refractivity contribution >= 4 is 6.09 Å². The average molecular weight is 350 g/mol. The number of nitrogens with one attached hydrogen (secondary N) is 1. The van der Waals surface area contributed by atoms with E-state index in [1.54, 1.807) is 0 Å². The minimum atomic E-state index is -0.272. The molecule has 0 aromatic rings. The number of carbonyl (C=O) groups is 1. The quantitative estimate of drug-likeness (QED) is 0.749. The van der Waals surface area contributed by atoms with Crippen LogP contribution in [0.4, 0.5) is 4.79 Å². The van der Waals surface area contributed by atoms with Crippen molar-refractivity contribution in [3.8, 4) is 0 Å². The third-order valence-corrected chi connectivity index (χ3v) is 9.12. The van der Waals surface area contributed by atoms with E-state index in [-0.39, 0.29) is 23.7 Å². The van der Waals surface area contributed by atoms with Crippen LogP contribution in [0.1, 0.15) is 71.6 Å². The summed E-state index contributed by atoms with van der Waals surface area (Å²) in [6, 6.07) is 0.268. The third-order valence-electron chi connectivity index (χ3n) is 9.12. The van der Waals surface area contributed by atoms with Crippen LogP contribution in [0, 0.1) is 34.5 Å². The number of carbonyl (C=O) groups excluding carboxylic acids is 1. The number of methoxy groups -OCH3 is 1. The number of hydrogen-bond donors (Lipinski definition) is 2. The first-order valence-electron chi connectivity index (χ1n) is 10.4. The van der Waals surface area contributed by atoms with Crippen LogP contribution in [0.25, 0.3) is 0 Å². The summed E-state index contributed by atoms with van der Waals surface area (Å²) < 4.78 is 4.87. The number of aliphatic hydroxyl groups excluding tert-OH is 1. The van der Waals surface area contributed by atoms with Crippen molar-refractivity contribution in [2.45, 2.75) is 83.8 Å². The topological polar surface area (TPSA) is 58.6 Å². The number of aliphatic hydroxyl groups is 1. The summed E-state index contributed by atoms with van der Waals surface area (Å²) in [5.74, 6) is 3.07. The van der Waals surface area contributed by atoms with Crippen LogP contribution in [0.5, 0.6) is 0 Å². The molecular weight excluding hydrogens is 314 g/mol. The first-order valence-corrected chi connectivity index (χ1v) is 10.4. The lowest BCUT2D eigenvalue weighted by atomic mass is 9.45. The van der Waals surface area contributed by atoms with Gasteiger partial charge in [-0.3, -0.25) is 0 Å². The van der Waals surface area contributed by atoms with Crippen LogP contribution in [-0.2, 0) is 4.74 Å². The van der Waals surface area contributed by atoms with Crippen molar-refractivity contribution in [3.63, 3.8) is 0 Å². The van der Waals surface area contributed by atoms with Crippen molar-refractivity contribution in [3.05, 3.63) is 0 Å². The van der Waals surface area contributed by atoms with E-state index in [4.69, 9.17) is 4.74 Å². The first-order chi connectivity index (χ1) is 11.9. The highest BCUT2D eigenvalue weighted by atomic mass is 16.5. The second-order valence-electron chi connectivity index (χ2n) is 9.90. The summed E-state index contributed by atoms with van der Waals surface area (Å²) in [6.45, 7) is 4.95. The Morgan fingerprint density at radius 2 is 1.72 bits per heavy atom. The fraction of sp³-hybridized carbons (Fsp3) is 0.952. The van der Waals surface area contributed by atoms with Gasteiger partial charge in [-0.15, -0.1) is 0 Å². The molecule has 1 amide bonds. The molecular formula is C21H35NO3. The summed E-state index contributed by atoms with van der Waals surface area (Å²) in [5, 5.41) is 13.3. The number of rotatable bonds is 1. The zero-order valence-corrected chi connectivity index (χ0v) is 16.1. The van der Waals surface area contributed by atoms with Crippen molar-refractivity contribution < 1.29 is 14.6 Å². The van der Waals surface area contributed by atoms with Gasteiger partial charge in [0.15, 0.2) is 0 Å². The van der Waals surface area contributed by atoms with Gasteiger partial charge >= 0.3 is 6.09 Å². The van der Waals surface area contributed by atoms with Gasteiger partial charge in [0.2, 0.25) is 0 Å². The standard InChI is InChI=1S/C21H35NO3/c1-20-10-8-14(23)12-13(20)4-5-15-16-6-7-18(22-19(24)25-3)21(16,2)11-9-17(15)20/h13-18,23H,4-12H2,1-3H3,(H,22,24)/t13-,14+,15+,16+,17+,18+,20-,21-/m0/s1. The maximum absolute atomic E-state index is 11.8. The van der Waals surface area contributed by atoms with Gasteiger partial charge in [-0.25, -0.2) is 4.79 Å². The summed E-state index contributed by atoms with van der Waals surface area (Å²) >= 11 is 0. The van der Waals surface area contributed by atoms with E-state index in [9.17, 15) is 9.90 Å². The second-order valence-corrected chi connectivity index (χ2v) is 9.90. The van der Waals surface area contributed by atoms with Crippen LogP contribution in [0.3, 0.4) is 0 Å². The third kappa shape index (κ3) is 2.62. The molecule has 2 N–H and O–H groups in total. The van der Waals surface area contributed by atoms with Crippen LogP contribution >= 0.6 is 0 Å². The molecule has 4 aliphatic carbocycles. The van der Waals surface area contributed by atoms with E-state index >= 15 is 0 Å². The molecule has 0 aliphatic heterocycles. The lowest BCUT2D eigenvalue weighted by molar-refractivity contribution is -0.123. The zero-order valence-electron chi connectivity index (χ0n) is 16.1. The monoisotopic (exact) mass is 349 g/mol. The number of alkyl carbamates (subject to hydrolysis) is 1. The molecule has 0 radical (unpaired) electrons.